The van der Waals surface area contributed by atoms with Gasteiger partial charge in [-0.3, -0.25) is 19.3 Å². The molecule has 1 aromatic rings. The highest BCUT2D eigenvalue weighted by Crippen LogP contribution is 2.24. The molecule has 26 heavy (non-hydrogen) atoms. The van der Waals surface area contributed by atoms with E-state index in [0.717, 1.165) is 19.3 Å². The fraction of sp³-hybridized carbons (Fsp3) is 0.474. The average Bonchev–Trinajstić information content (AvgIpc) is 2.86. The summed E-state index contributed by atoms with van der Waals surface area (Å²) in [5.41, 5.74) is 0.646. The van der Waals surface area contributed by atoms with E-state index < -0.39 is 23.8 Å². The number of carbonyl (C=O) groups is 4. The molecule has 2 rings (SSSR count). The summed E-state index contributed by atoms with van der Waals surface area (Å²) in [4.78, 5) is 49.6. The van der Waals surface area contributed by atoms with Crippen molar-refractivity contribution in [2.75, 3.05) is 6.54 Å². The molecule has 0 radical (unpaired) electrons. The maximum Gasteiger partial charge on any atom is 0.326 e. The summed E-state index contributed by atoms with van der Waals surface area (Å²) in [6, 6.07) is 3.30. The number of aliphatic carboxylic acids is 1. The van der Waals surface area contributed by atoms with Crippen LogP contribution in [0.3, 0.4) is 0 Å². The summed E-state index contributed by atoms with van der Waals surface area (Å²) in [6.45, 7) is 4.26. The van der Waals surface area contributed by atoms with Gasteiger partial charge in [-0.05, 0) is 31.0 Å². The lowest BCUT2D eigenvalue weighted by Gasteiger charge is -2.14. The van der Waals surface area contributed by atoms with Crippen LogP contribution in [0.2, 0.25) is 0 Å². The zero-order valence-electron chi connectivity index (χ0n) is 15.1. The van der Waals surface area contributed by atoms with Gasteiger partial charge in [-0.2, -0.15) is 0 Å². The Labute approximate surface area is 152 Å². The molecule has 1 atom stereocenters. The summed E-state index contributed by atoms with van der Waals surface area (Å²) < 4.78 is 0. The van der Waals surface area contributed by atoms with Crippen LogP contribution in [0.15, 0.2) is 18.2 Å². The molecule has 1 heterocycles. The summed E-state index contributed by atoms with van der Waals surface area (Å²) in [5, 5.41) is 11.7. The van der Waals surface area contributed by atoms with E-state index >= 15 is 0 Å². The molecule has 7 heteroatoms. The smallest absolute Gasteiger partial charge is 0.326 e. The van der Waals surface area contributed by atoms with E-state index in [1.165, 1.54) is 23.1 Å². The van der Waals surface area contributed by atoms with Crippen LogP contribution in [0.4, 0.5) is 0 Å². The minimum Gasteiger partial charge on any atom is -0.480 e. The van der Waals surface area contributed by atoms with Crippen LogP contribution in [0.1, 0.15) is 77.0 Å². The molecule has 0 saturated heterocycles. The topological polar surface area (TPSA) is 104 Å². The summed E-state index contributed by atoms with van der Waals surface area (Å²) in [5.74, 6) is -2.42. The van der Waals surface area contributed by atoms with Crippen molar-refractivity contribution in [3.63, 3.8) is 0 Å². The predicted octanol–water partition coefficient (Wildman–Crippen LogP) is 2.46. The fourth-order valence-electron chi connectivity index (χ4n) is 2.86. The Morgan fingerprint density at radius 2 is 1.73 bits per heavy atom. The van der Waals surface area contributed by atoms with Crippen molar-refractivity contribution in [1.82, 2.24) is 10.2 Å². The van der Waals surface area contributed by atoms with Crippen LogP contribution in [-0.2, 0) is 4.79 Å². The Kier molecular flexibility index (Phi) is 6.49. The number of carbonyl (C=O) groups excluding carboxylic acids is 3. The molecule has 0 aliphatic carbocycles. The molecule has 0 fully saturated rings. The number of carboxylic acid groups (broad SMARTS) is 1. The van der Waals surface area contributed by atoms with Crippen molar-refractivity contribution < 1.29 is 24.3 Å². The molecule has 1 aliphatic heterocycles. The van der Waals surface area contributed by atoms with Crippen molar-refractivity contribution in [1.29, 1.82) is 0 Å². The number of benzene rings is 1. The second kappa shape index (κ2) is 8.60. The van der Waals surface area contributed by atoms with E-state index in [-0.39, 0.29) is 22.6 Å². The third-order valence-electron chi connectivity index (χ3n) is 4.42. The van der Waals surface area contributed by atoms with E-state index in [9.17, 15) is 24.3 Å². The highest BCUT2D eigenvalue weighted by molar-refractivity contribution is 6.22. The maximum absolute atomic E-state index is 12.4. The number of unbranched alkanes of at least 4 members (excludes halogenated alkanes) is 2. The predicted molar refractivity (Wildman–Crippen MR) is 95.1 cm³/mol. The molecule has 140 valence electrons. The number of hydrogen-bond donors (Lipinski definition) is 2. The molecule has 1 aromatic carbocycles. The molecular formula is C19H24N2O5. The zero-order valence-corrected chi connectivity index (χ0v) is 15.1. The first-order chi connectivity index (χ1) is 12.4. The van der Waals surface area contributed by atoms with E-state index in [0.29, 0.717) is 19.4 Å². The van der Waals surface area contributed by atoms with Gasteiger partial charge in [0.05, 0.1) is 11.1 Å². The van der Waals surface area contributed by atoms with Crippen molar-refractivity contribution >= 4 is 23.7 Å². The van der Waals surface area contributed by atoms with Gasteiger partial charge in [-0.15, -0.1) is 0 Å². The first-order valence-electron chi connectivity index (χ1n) is 8.94. The first kappa shape index (κ1) is 19.6. The highest BCUT2D eigenvalue weighted by atomic mass is 16.4. The third-order valence-corrected chi connectivity index (χ3v) is 4.42. The van der Waals surface area contributed by atoms with E-state index in [1.54, 1.807) is 0 Å². The number of amides is 3. The lowest BCUT2D eigenvalue weighted by Crippen LogP contribution is -2.40. The molecule has 1 aliphatic rings. The Morgan fingerprint density at radius 3 is 2.35 bits per heavy atom. The van der Waals surface area contributed by atoms with Gasteiger partial charge in [0.15, 0.2) is 0 Å². The van der Waals surface area contributed by atoms with Crippen LogP contribution >= 0.6 is 0 Å². The second-order valence-corrected chi connectivity index (χ2v) is 6.38. The van der Waals surface area contributed by atoms with Gasteiger partial charge in [0.2, 0.25) is 0 Å². The fourth-order valence-corrected chi connectivity index (χ4v) is 2.86. The molecule has 1 unspecified atom stereocenters. The molecule has 0 saturated carbocycles. The van der Waals surface area contributed by atoms with Gasteiger partial charge in [0.25, 0.3) is 17.7 Å². The standard InChI is InChI=1S/C19H24N2O5/c1-3-5-7-15(19(25)26)20-16(22)12-8-9-13-14(11-12)18(24)21(17(13)23)10-6-4-2/h8-9,11,15H,3-7,10H2,1-2H3,(H,20,22)(H,25,26). The number of hydrogen-bond acceptors (Lipinski definition) is 4. The summed E-state index contributed by atoms with van der Waals surface area (Å²) in [7, 11) is 0. The van der Waals surface area contributed by atoms with Gasteiger partial charge in [0.1, 0.15) is 6.04 Å². The van der Waals surface area contributed by atoms with Crippen LogP contribution in [0.5, 0.6) is 0 Å². The van der Waals surface area contributed by atoms with E-state index in [2.05, 4.69) is 5.32 Å². The minimum atomic E-state index is -1.09. The van der Waals surface area contributed by atoms with E-state index in [1.807, 2.05) is 13.8 Å². The van der Waals surface area contributed by atoms with Gasteiger partial charge >= 0.3 is 5.97 Å². The minimum absolute atomic E-state index is 0.171. The van der Waals surface area contributed by atoms with Crippen molar-refractivity contribution in [2.45, 2.75) is 52.0 Å². The summed E-state index contributed by atoms with van der Waals surface area (Å²) >= 11 is 0. The van der Waals surface area contributed by atoms with Crippen LogP contribution in [-0.4, -0.2) is 46.3 Å². The first-order valence-corrected chi connectivity index (χ1v) is 8.94. The third kappa shape index (κ3) is 4.09. The molecule has 0 bridgehead atoms. The monoisotopic (exact) mass is 360 g/mol. The summed E-state index contributed by atoms with van der Waals surface area (Å²) in [6.07, 6.45) is 3.42. The Morgan fingerprint density at radius 1 is 1.08 bits per heavy atom. The zero-order chi connectivity index (χ0) is 19.3. The van der Waals surface area contributed by atoms with Crippen molar-refractivity contribution in [3.8, 4) is 0 Å². The molecule has 3 amide bonds. The molecular weight excluding hydrogens is 336 g/mol. The van der Waals surface area contributed by atoms with Crippen molar-refractivity contribution in [3.05, 3.63) is 34.9 Å². The highest BCUT2D eigenvalue weighted by Gasteiger charge is 2.35. The number of fused-ring (bicyclic) bond motifs is 1. The molecule has 0 aromatic heterocycles. The molecule has 2 N–H and O–H groups in total. The Balaban J connectivity index is 2.17. The lowest BCUT2D eigenvalue weighted by molar-refractivity contribution is -0.139. The quantitative estimate of drug-likeness (QED) is 0.658. The Hall–Kier alpha value is -2.70. The molecule has 7 nitrogen and oxygen atoms in total. The number of nitrogens with zero attached hydrogens (tertiary/aromatic N) is 1. The number of imide groups is 1. The average molecular weight is 360 g/mol. The van der Waals surface area contributed by atoms with Gasteiger partial charge < -0.3 is 10.4 Å². The normalized spacial score (nSPS) is 14.3. The molecule has 0 spiro atoms. The van der Waals surface area contributed by atoms with Crippen molar-refractivity contribution in [2.24, 2.45) is 0 Å². The Bertz CT molecular complexity index is 729. The van der Waals surface area contributed by atoms with E-state index in [4.69, 9.17) is 0 Å². The van der Waals surface area contributed by atoms with Crippen LogP contribution in [0, 0.1) is 0 Å². The van der Waals surface area contributed by atoms with Crippen LogP contribution < -0.4 is 5.32 Å². The number of carboxylic acids is 1. The lowest BCUT2D eigenvalue weighted by atomic mass is 10.0. The van der Waals surface area contributed by atoms with Gasteiger partial charge in [-0.25, -0.2) is 4.79 Å². The SMILES string of the molecule is CCCCC(NC(=O)c1ccc2c(c1)C(=O)N(CCCC)C2=O)C(=O)O. The second-order valence-electron chi connectivity index (χ2n) is 6.38. The van der Waals surface area contributed by atoms with Crippen LogP contribution in [0.25, 0.3) is 0 Å². The maximum atomic E-state index is 12.4. The van der Waals surface area contributed by atoms with Gasteiger partial charge in [-0.1, -0.05) is 33.1 Å². The number of rotatable bonds is 9. The van der Waals surface area contributed by atoms with Gasteiger partial charge in [0, 0.05) is 12.1 Å². The largest absolute Gasteiger partial charge is 0.480 e. The number of nitrogens with one attached hydrogen (secondary N) is 1.